The summed E-state index contributed by atoms with van der Waals surface area (Å²) in [6.07, 6.45) is 4.39. The lowest BCUT2D eigenvalue weighted by Crippen LogP contribution is -2.05. The Balaban J connectivity index is 2.00. The number of carbonyl (C=O) groups excluding carboxylic acids is 1. The van der Waals surface area contributed by atoms with Crippen LogP contribution in [0.3, 0.4) is 0 Å². The van der Waals surface area contributed by atoms with E-state index in [9.17, 15) is 4.79 Å². The molecule has 1 aromatic carbocycles. The average Bonchev–Trinajstić information content (AvgIpc) is 3.12. The number of hydrogen-bond donors (Lipinski definition) is 0. The van der Waals surface area contributed by atoms with Gasteiger partial charge in [0, 0.05) is 28.9 Å². The molecule has 3 heteroatoms. The average molecular weight is 246 g/mol. The first-order chi connectivity index (χ1) is 8.24. The molecule has 1 fully saturated rings. The van der Waals surface area contributed by atoms with Crippen LogP contribution in [0.4, 0.5) is 0 Å². The summed E-state index contributed by atoms with van der Waals surface area (Å²) < 4.78 is 0. The smallest absolute Gasteiger partial charge is 0.140 e. The van der Waals surface area contributed by atoms with Gasteiger partial charge < -0.3 is 0 Å². The number of hydrogen-bond acceptors (Lipinski definition) is 2. The number of aromatic nitrogens is 1. The van der Waals surface area contributed by atoms with Crippen LogP contribution in [-0.4, -0.2) is 10.8 Å². The van der Waals surface area contributed by atoms with Gasteiger partial charge >= 0.3 is 0 Å². The minimum Gasteiger partial charge on any atom is -0.299 e. The molecule has 0 atom stereocenters. The summed E-state index contributed by atoms with van der Waals surface area (Å²) in [6.45, 7) is 0. The van der Waals surface area contributed by atoms with Crippen molar-refractivity contribution >= 4 is 28.3 Å². The molecule has 0 bridgehead atoms. The first kappa shape index (κ1) is 10.7. The SMILES string of the molecule is O=C(Cc1ccnc2cc(Cl)ccc12)C1CC1. The third-order valence-corrected chi connectivity index (χ3v) is 3.43. The third kappa shape index (κ3) is 2.18. The molecule has 0 unspecified atom stereocenters. The maximum absolute atomic E-state index is 11.8. The van der Waals surface area contributed by atoms with E-state index in [1.807, 2.05) is 24.3 Å². The molecule has 2 aromatic rings. The fraction of sp³-hybridized carbons (Fsp3) is 0.286. The second-order valence-corrected chi connectivity index (χ2v) is 4.99. The summed E-state index contributed by atoms with van der Waals surface area (Å²) in [4.78, 5) is 16.1. The van der Waals surface area contributed by atoms with Gasteiger partial charge in [0.05, 0.1) is 5.52 Å². The van der Waals surface area contributed by atoms with E-state index in [1.165, 1.54) is 0 Å². The van der Waals surface area contributed by atoms with Gasteiger partial charge in [-0.2, -0.15) is 0 Å². The number of ketones is 1. The molecule has 0 aliphatic heterocycles. The fourth-order valence-corrected chi connectivity index (χ4v) is 2.24. The topological polar surface area (TPSA) is 30.0 Å². The summed E-state index contributed by atoms with van der Waals surface area (Å²) in [7, 11) is 0. The van der Waals surface area contributed by atoms with Crippen molar-refractivity contribution in [1.82, 2.24) is 4.98 Å². The predicted molar refractivity (Wildman–Crippen MR) is 68.2 cm³/mol. The third-order valence-electron chi connectivity index (χ3n) is 3.19. The summed E-state index contributed by atoms with van der Waals surface area (Å²) in [5.41, 5.74) is 1.92. The van der Waals surface area contributed by atoms with Crippen LogP contribution in [0.1, 0.15) is 18.4 Å². The van der Waals surface area contributed by atoms with E-state index in [2.05, 4.69) is 4.98 Å². The Kier molecular flexibility index (Phi) is 2.60. The van der Waals surface area contributed by atoms with E-state index in [1.54, 1.807) is 6.20 Å². The number of pyridine rings is 1. The minimum absolute atomic E-state index is 0.311. The Labute approximate surface area is 105 Å². The minimum atomic E-state index is 0.311. The molecule has 2 nitrogen and oxygen atoms in total. The van der Waals surface area contributed by atoms with Crippen LogP contribution in [0.5, 0.6) is 0 Å². The standard InChI is InChI=1S/C14H12ClNO/c15-11-3-4-12-10(5-6-16-13(12)8-11)7-14(17)9-1-2-9/h3-6,8-9H,1-2,7H2. The fourth-order valence-electron chi connectivity index (χ4n) is 2.07. The van der Waals surface area contributed by atoms with Crippen molar-refractivity contribution in [2.75, 3.05) is 0 Å². The molecule has 17 heavy (non-hydrogen) atoms. The van der Waals surface area contributed by atoms with Gasteiger partial charge in [0.25, 0.3) is 0 Å². The molecule has 1 heterocycles. The maximum atomic E-state index is 11.8. The van der Waals surface area contributed by atoms with Crippen LogP contribution in [0.2, 0.25) is 5.02 Å². The molecule has 0 amide bonds. The lowest BCUT2D eigenvalue weighted by atomic mass is 10.0. The first-order valence-corrected chi connectivity index (χ1v) is 6.18. The highest BCUT2D eigenvalue weighted by atomic mass is 35.5. The molecule has 0 radical (unpaired) electrons. The lowest BCUT2D eigenvalue weighted by molar-refractivity contribution is -0.119. The highest BCUT2D eigenvalue weighted by Gasteiger charge is 2.29. The quantitative estimate of drug-likeness (QED) is 0.830. The molecule has 1 aliphatic carbocycles. The van der Waals surface area contributed by atoms with Gasteiger partial charge in [-0.05, 0) is 36.6 Å². The zero-order valence-corrected chi connectivity index (χ0v) is 10.1. The van der Waals surface area contributed by atoms with Crippen molar-refractivity contribution in [1.29, 1.82) is 0 Å². The lowest BCUT2D eigenvalue weighted by Gasteiger charge is -2.05. The van der Waals surface area contributed by atoms with E-state index >= 15 is 0 Å². The Morgan fingerprint density at radius 1 is 1.35 bits per heavy atom. The summed E-state index contributed by atoms with van der Waals surface area (Å²) in [5, 5.41) is 1.71. The van der Waals surface area contributed by atoms with Gasteiger partial charge in [-0.3, -0.25) is 9.78 Å². The van der Waals surface area contributed by atoms with Crippen molar-refractivity contribution in [2.24, 2.45) is 5.92 Å². The van der Waals surface area contributed by atoms with E-state index < -0.39 is 0 Å². The second kappa shape index (κ2) is 4.11. The van der Waals surface area contributed by atoms with Crippen LogP contribution in [0.25, 0.3) is 10.9 Å². The number of rotatable bonds is 3. The van der Waals surface area contributed by atoms with Crippen molar-refractivity contribution in [3.8, 4) is 0 Å². The van der Waals surface area contributed by atoms with E-state index in [0.29, 0.717) is 23.1 Å². The summed E-state index contributed by atoms with van der Waals surface area (Å²) >= 11 is 5.93. The Morgan fingerprint density at radius 2 is 2.18 bits per heavy atom. The molecule has 3 rings (SSSR count). The molecule has 86 valence electrons. The van der Waals surface area contributed by atoms with Crippen LogP contribution in [0.15, 0.2) is 30.5 Å². The molecule has 0 N–H and O–H groups in total. The molecule has 0 spiro atoms. The number of nitrogens with zero attached hydrogens (tertiary/aromatic N) is 1. The molecular weight excluding hydrogens is 234 g/mol. The maximum Gasteiger partial charge on any atom is 0.140 e. The highest BCUT2D eigenvalue weighted by Crippen LogP contribution is 2.32. The molecular formula is C14H12ClNO. The van der Waals surface area contributed by atoms with Crippen LogP contribution in [0, 0.1) is 5.92 Å². The number of halogens is 1. The van der Waals surface area contributed by atoms with Gasteiger partial charge in [0.1, 0.15) is 5.78 Å². The summed E-state index contributed by atoms with van der Waals surface area (Å²) in [5.74, 6) is 0.665. The first-order valence-electron chi connectivity index (χ1n) is 5.80. The van der Waals surface area contributed by atoms with Gasteiger partial charge in [0.2, 0.25) is 0 Å². The normalized spacial score (nSPS) is 15.1. The summed E-state index contributed by atoms with van der Waals surface area (Å²) in [6, 6.07) is 7.55. The monoisotopic (exact) mass is 245 g/mol. The van der Waals surface area contributed by atoms with Crippen molar-refractivity contribution in [3.05, 3.63) is 41.0 Å². The van der Waals surface area contributed by atoms with E-state index in [0.717, 1.165) is 29.3 Å². The van der Waals surface area contributed by atoms with Crippen molar-refractivity contribution < 1.29 is 4.79 Å². The Hall–Kier alpha value is -1.41. The molecule has 1 aliphatic rings. The molecule has 1 aromatic heterocycles. The van der Waals surface area contributed by atoms with Crippen LogP contribution in [-0.2, 0) is 11.2 Å². The van der Waals surface area contributed by atoms with Crippen LogP contribution < -0.4 is 0 Å². The highest BCUT2D eigenvalue weighted by molar-refractivity contribution is 6.31. The van der Waals surface area contributed by atoms with Crippen molar-refractivity contribution in [2.45, 2.75) is 19.3 Å². The zero-order chi connectivity index (χ0) is 11.8. The number of Topliss-reactive ketones (excluding diaryl/α,β-unsaturated/α-hetero) is 1. The zero-order valence-electron chi connectivity index (χ0n) is 9.32. The number of fused-ring (bicyclic) bond motifs is 1. The Bertz CT molecular complexity index is 590. The van der Waals surface area contributed by atoms with E-state index in [4.69, 9.17) is 11.6 Å². The van der Waals surface area contributed by atoms with Crippen molar-refractivity contribution in [3.63, 3.8) is 0 Å². The van der Waals surface area contributed by atoms with Gasteiger partial charge in [-0.1, -0.05) is 17.7 Å². The molecule has 0 saturated heterocycles. The number of carbonyl (C=O) groups is 1. The van der Waals surface area contributed by atoms with E-state index in [-0.39, 0.29) is 0 Å². The van der Waals surface area contributed by atoms with Crippen LogP contribution >= 0.6 is 11.6 Å². The second-order valence-electron chi connectivity index (χ2n) is 4.55. The van der Waals surface area contributed by atoms with Gasteiger partial charge in [0.15, 0.2) is 0 Å². The Morgan fingerprint density at radius 3 is 2.94 bits per heavy atom. The van der Waals surface area contributed by atoms with Gasteiger partial charge in [-0.15, -0.1) is 0 Å². The number of benzene rings is 1. The predicted octanol–water partition coefficient (Wildman–Crippen LogP) is 3.41. The largest absolute Gasteiger partial charge is 0.299 e. The van der Waals surface area contributed by atoms with Gasteiger partial charge in [-0.25, -0.2) is 0 Å². The molecule has 1 saturated carbocycles.